The van der Waals surface area contributed by atoms with E-state index in [2.05, 4.69) is 10.3 Å². The lowest BCUT2D eigenvalue weighted by atomic mass is 10.2. The minimum Gasteiger partial charge on any atom is -0.352 e. The van der Waals surface area contributed by atoms with Gasteiger partial charge in [-0.1, -0.05) is 18.9 Å². The maximum absolute atomic E-state index is 12.9. The SMILES string of the molecule is O=C(NCCCCn1ccnc1)c1cccc(S(=O)(=O)N2CCCCCC2)c1. The van der Waals surface area contributed by atoms with Gasteiger partial charge in [0.25, 0.3) is 5.91 Å². The molecule has 0 radical (unpaired) electrons. The molecule has 1 fully saturated rings. The first-order valence-electron chi connectivity index (χ1n) is 9.91. The summed E-state index contributed by atoms with van der Waals surface area (Å²) in [6.45, 7) is 2.52. The van der Waals surface area contributed by atoms with Crippen LogP contribution in [0, 0.1) is 0 Å². The predicted octanol–water partition coefficient (Wildman–Crippen LogP) is 2.66. The second kappa shape index (κ2) is 9.84. The molecule has 0 unspecified atom stereocenters. The van der Waals surface area contributed by atoms with E-state index in [4.69, 9.17) is 0 Å². The number of nitrogens with zero attached hydrogens (tertiary/aromatic N) is 3. The summed E-state index contributed by atoms with van der Waals surface area (Å²) < 4.78 is 29.4. The Balaban J connectivity index is 1.55. The maximum atomic E-state index is 12.9. The molecule has 0 spiro atoms. The summed E-state index contributed by atoms with van der Waals surface area (Å²) in [4.78, 5) is 16.6. The van der Waals surface area contributed by atoms with E-state index in [1.807, 2.05) is 10.8 Å². The Kier molecular flexibility index (Phi) is 7.22. The zero-order valence-corrected chi connectivity index (χ0v) is 16.9. The summed E-state index contributed by atoms with van der Waals surface area (Å²) in [6.07, 6.45) is 11.1. The van der Waals surface area contributed by atoms with Crippen LogP contribution in [0.15, 0.2) is 47.9 Å². The Bertz CT molecular complexity index is 857. The summed E-state index contributed by atoms with van der Waals surface area (Å²) >= 11 is 0. The molecule has 1 amide bonds. The van der Waals surface area contributed by atoms with Crippen molar-refractivity contribution >= 4 is 15.9 Å². The van der Waals surface area contributed by atoms with Crippen LogP contribution in [-0.4, -0.2) is 47.8 Å². The monoisotopic (exact) mass is 404 g/mol. The van der Waals surface area contributed by atoms with Gasteiger partial charge in [0.2, 0.25) is 10.0 Å². The van der Waals surface area contributed by atoms with Crippen LogP contribution in [0.3, 0.4) is 0 Å². The molecule has 1 aliphatic heterocycles. The van der Waals surface area contributed by atoms with Crippen molar-refractivity contribution in [2.75, 3.05) is 19.6 Å². The van der Waals surface area contributed by atoms with Crippen LogP contribution in [0.5, 0.6) is 0 Å². The van der Waals surface area contributed by atoms with Crippen molar-refractivity contribution < 1.29 is 13.2 Å². The number of imidazole rings is 1. The summed E-state index contributed by atoms with van der Waals surface area (Å²) in [5.74, 6) is -0.240. The number of carbonyl (C=O) groups excluding carboxylic acids is 1. The highest BCUT2D eigenvalue weighted by atomic mass is 32.2. The summed E-state index contributed by atoms with van der Waals surface area (Å²) in [6, 6.07) is 6.35. The smallest absolute Gasteiger partial charge is 0.251 e. The van der Waals surface area contributed by atoms with Crippen LogP contribution in [0.4, 0.5) is 0 Å². The van der Waals surface area contributed by atoms with E-state index in [1.54, 1.807) is 35.0 Å². The van der Waals surface area contributed by atoms with Crippen molar-refractivity contribution in [1.82, 2.24) is 19.2 Å². The molecule has 7 nitrogen and oxygen atoms in total. The van der Waals surface area contributed by atoms with E-state index in [0.29, 0.717) is 25.2 Å². The van der Waals surface area contributed by atoms with Crippen LogP contribution in [0.2, 0.25) is 0 Å². The number of unbranched alkanes of at least 4 members (excludes halogenated alkanes) is 1. The molecule has 0 saturated carbocycles. The average molecular weight is 405 g/mol. The van der Waals surface area contributed by atoms with E-state index < -0.39 is 10.0 Å². The molecule has 1 aromatic heterocycles. The van der Waals surface area contributed by atoms with Gasteiger partial charge in [-0.25, -0.2) is 13.4 Å². The number of sulfonamides is 1. The highest BCUT2D eigenvalue weighted by Crippen LogP contribution is 2.21. The van der Waals surface area contributed by atoms with Crippen molar-refractivity contribution in [2.45, 2.75) is 50.0 Å². The summed E-state index contributed by atoms with van der Waals surface area (Å²) in [7, 11) is -3.55. The molecule has 0 aliphatic carbocycles. The fraction of sp³-hybridized carbons (Fsp3) is 0.500. The largest absolute Gasteiger partial charge is 0.352 e. The molecule has 0 bridgehead atoms. The van der Waals surface area contributed by atoms with Crippen LogP contribution < -0.4 is 5.32 Å². The minimum atomic E-state index is -3.55. The molecule has 2 heterocycles. The Morgan fingerprint density at radius 3 is 2.61 bits per heavy atom. The summed E-state index contributed by atoms with van der Waals surface area (Å²) in [5.41, 5.74) is 0.380. The van der Waals surface area contributed by atoms with Crippen molar-refractivity contribution in [3.8, 4) is 0 Å². The third-order valence-corrected chi connectivity index (χ3v) is 6.88. The topological polar surface area (TPSA) is 84.3 Å². The standard InChI is InChI=1S/C20H28N4O3S/c25-20(22-10-3-6-12-23-15-11-21-17-23)18-8-7-9-19(16-18)28(26,27)24-13-4-1-2-5-14-24/h7-9,11,15-17H,1-6,10,12-14H2,(H,22,25). The lowest BCUT2D eigenvalue weighted by Gasteiger charge is -2.20. The quantitative estimate of drug-likeness (QED) is 0.686. The second-order valence-corrected chi connectivity index (χ2v) is 9.05. The molecule has 0 atom stereocenters. The third-order valence-electron chi connectivity index (χ3n) is 4.99. The van der Waals surface area contributed by atoms with Crippen LogP contribution in [0.25, 0.3) is 0 Å². The van der Waals surface area contributed by atoms with Gasteiger partial charge in [-0.05, 0) is 43.9 Å². The number of hydrogen-bond acceptors (Lipinski definition) is 4. The number of nitrogens with one attached hydrogen (secondary N) is 1. The number of benzene rings is 1. The van der Waals surface area contributed by atoms with Gasteiger partial charge in [-0.15, -0.1) is 0 Å². The number of hydrogen-bond donors (Lipinski definition) is 1. The Hall–Kier alpha value is -2.19. The van der Waals surface area contributed by atoms with Gasteiger partial charge >= 0.3 is 0 Å². The number of rotatable bonds is 8. The van der Waals surface area contributed by atoms with E-state index in [9.17, 15) is 13.2 Å². The van der Waals surface area contributed by atoms with Crippen LogP contribution in [-0.2, 0) is 16.6 Å². The number of aryl methyl sites for hydroxylation is 1. The van der Waals surface area contributed by atoms with Gasteiger partial charge in [0.15, 0.2) is 0 Å². The molecule has 1 aliphatic rings. The first kappa shape index (κ1) is 20.5. The van der Waals surface area contributed by atoms with Crippen molar-refractivity contribution in [3.63, 3.8) is 0 Å². The van der Waals surface area contributed by atoms with Gasteiger partial charge < -0.3 is 9.88 Å². The van der Waals surface area contributed by atoms with Gasteiger partial charge in [0.1, 0.15) is 0 Å². The fourth-order valence-corrected chi connectivity index (χ4v) is 4.93. The number of amides is 1. The molecule has 1 saturated heterocycles. The molecule has 2 aromatic rings. The normalized spacial score (nSPS) is 15.9. The lowest BCUT2D eigenvalue weighted by Crippen LogP contribution is -2.32. The second-order valence-electron chi connectivity index (χ2n) is 7.11. The molecule has 3 rings (SSSR count). The van der Waals surface area contributed by atoms with Crippen LogP contribution in [0.1, 0.15) is 48.9 Å². The lowest BCUT2D eigenvalue weighted by molar-refractivity contribution is 0.0952. The van der Waals surface area contributed by atoms with Crippen molar-refractivity contribution in [2.24, 2.45) is 0 Å². The fourth-order valence-electron chi connectivity index (χ4n) is 3.37. The third kappa shape index (κ3) is 5.42. The molecule has 8 heteroatoms. The van der Waals surface area contributed by atoms with Crippen molar-refractivity contribution in [3.05, 3.63) is 48.5 Å². The Morgan fingerprint density at radius 1 is 1.11 bits per heavy atom. The highest BCUT2D eigenvalue weighted by molar-refractivity contribution is 7.89. The zero-order chi connectivity index (χ0) is 19.8. The van der Waals surface area contributed by atoms with Gasteiger partial charge in [-0.3, -0.25) is 4.79 Å². The Morgan fingerprint density at radius 2 is 1.89 bits per heavy atom. The molecule has 1 N–H and O–H groups in total. The van der Waals surface area contributed by atoms with Gasteiger partial charge in [0, 0.05) is 44.1 Å². The number of aromatic nitrogens is 2. The van der Waals surface area contributed by atoms with Crippen LogP contribution >= 0.6 is 0 Å². The number of carbonyl (C=O) groups is 1. The average Bonchev–Trinajstić information content (AvgIpc) is 3.06. The zero-order valence-electron chi connectivity index (χ0n) is 16.1. The molecule has 1 aromatic carbocycles. The molecule has 28 heavy (non-hydrogen) atoms. The van der Waals surface area contributed by atoms with Gasteiger partial charge in [0.05, 0.1) is 11.2 Å². The summed E-state index contributed by atoms with van der Waals surface area (Å²) in [5, 5.41) is 2.88. The van der Waals surface area contributed by atoms with Gasteiger partial charge in [-0.2, -0.15) is 4.31 Å². The predicted molar refractivity (Wildman–Crippen MR) is 107 cm³/mol. The minimum absolute atomic E-state index is 0.196. The van der Waals surface area contributed by atoms with E-state index in [0.717, 1.165) is 45.1 Å². The first-order valence-corrected chi connectivity index (χ1v) is 11.4. The van der Waals surface area contributed by atoms with E-state index >= 15 is 0 Å². The molecule has 152 valence electrons. The maximum Gasteiger partial charge on any atom is 0.251 e. The molecular formula is C20H28N4O3S. The van der Waals surface area contributed by atoms with Crippen molar-refractivity contribution in [1.29, 1.82) is 0 Å². The first-order chi connectivity index (χ1) is 13.6. The Labute approximate surface area is 166 Å². The highest BCUT2D eigenvalue weighted by Gasteiger charge is 2.25. The van der Waals surface area contributed by atoms with E-state index in [-0.39, 0.29) is 10.8 Å². The molecular weight excluding hydrogens is 376 g/mol. The van der Waals surface area contributed by atoms with E-state index in [1.165, 1.54) is 6.07 Å².